The molecule has 2 heterocycles. The van der Waals surface area contributed by atoms with Gasteiger partial charge in [0.15, 0.2) is 0 Å². The van der Waals surface area contributed by atoms with Gasteiger partial charge in [-0.1, -0.05) is 18.2 Å². The molecule has 0 bridgehead atoms. The second-order valence-corrected chi connectivity index (χ2v) is 9.65. The maximum absolute atomic E-state index is 13.3. The van der Waals surface area contributed by atoms with Crippen LogP contribution in [0.5, 0.6) is 0 Å². The predicted molar refractivity (Wildman–Crippen MR) is 139 cm³/mol. The fourth-order valence-electron chi connectivity index (χ4n) is 4.57. The number of hydrogen-bond donors (Lipinski definition) is 1. The molecule has 1 saturated heterocycles. The van der Waals surface area contributed by atoms with Crippen molar-refractivity contribution in [1.29, 1.82) is 0 Å². The highest BCUT2D eigenvalue weighted by Gasteiger charge is 2.25. The second-order valence-electron chi connectivity index (χ2n) is 8.57. The van der Waals surface area contributed by atoms with Crippen LogP contribution >= 0.6 is 11.3 Å². The zero-order valence-corrected chi connectivity index (χ0v) is 20.1. The summed E-state index contributed by atoms with van der Waals surface area (Å²) in [5, 5.41) is 15.1. The van der Waals surface area contributed by atoms with Crippen molar-refractivity contribution in [2.75, 3.05) is 36.5 Å². The summed E-state index contributed by atoms with van der Waals surface area (Å²) >= 11 is 1.55. The monoisotopic (exact) mass is 490 g/mol. The van der Waals surface area contributed by atoms with E-state index >= 15 is 0 Å². The molecule has 35 heavy (non-hydrogen) atoms. The Morgan fingerprint density at radius 1 is 1.11 bits per heavy atom. The van der Waals surface area contributed by atoms with E-state index in [1.54, 1.807) is 29.7 Å². The van der Waals surface area contributed by atoms with Gasteiger partial charge in [-0.3, -0.25) is 14.9 Å². The van der Waals surface area contributed by atoms with Crippen LogP contribution in [0.2, 0.25) is 0 Å². The lowest BCUT2D eigenvalue weighted by Gasteiger charge is -2.29. The van der Waals surface area contributed by atoms with Crippen LogP contribution in [0.4, 0.5) is 22.1 Å². The summed E-state index contributed by atoms with van der Waals surface area (Å²) in [4.78, 5) is 32.5. The number of morpholine rings is 1. The normalized spacial score (nSPS) is 15.7. The average molecular weight is 491 g/mol. The molecule has 9 heteroatoms. The number of aryl methyl sites for hydroxylation is 1. The van der Waals surface area contributed by atoms with Gasteiger partial charge in [-0.15, -0.1) is 11.3 Å². The molecule has 0 radical (unpaired) electrons. The number of rotatable bonds is 6. The number of carbonyl (C=O) groups excluding carboxylic acids is 1. The van der Waals surface area contributed by atoms with E-state index in [1.807, 2.05) is 30.3 Å². The summed E-state index contributed by atoms with van der Waals surface area (Å²) in [6.07, 6.45) is 5.60. The van der Waals surface area contributed by atoms with E-state index in [2.05, 4.69) is 10.2 Å². The highest BCUT2D eigenvalue weighted by Crippen LogP contribution is 2.40. The lowest BCUT2D eigenvalue weighted by Crippen LogP contribution is -2.36. The summed E-state index contributed by atoms with van der Waals surface area (Å²) in [5.41, 5.74) is 3.96. The van der Waals surface area contributed by atoms with Crippen LogP contribution in [0.25, 0.3) is 0 Å². The van der Waals surface area contributed by atoms with E-state index < -0.39 is 4.92 Å². The molecule has 1 aliphatic carbocycles. The molecule has 180 valence electrons. The fourth-order valence-corrected chi connectivity index (χ4v) is 5.80. The van der Waals surface area contributed by atoms with Crippen LogP contribution in [0.3, 0.4) is 0 Å². The molecule has 3 aromatic rings. The summed E-state index contributed by atoms with van der Waals surface area (Å²) in [5.74, 6) is -0.171. The molecule has 0 spiro atoms. The molecule has 1 fully saturated rings. The van der Waals surface area contributed by atoms with Gasteiger partial charge in [0.2, 0.25) is 0 Å². The first-order chi connectivity index (χ1) is 17.1. The maximum Gasteiger partial charge on any atom is 0.270 e. The number of carbonyl (C=O) groups is 1. The molecule has 2 aliphatic rings. The molecular weight excluding hydrogens is 464 g/mol. The number of anilines is 2. The fraction of sp³-hybridized carbons (Fsp3) is 0.308. The van der Waals surface area contributed by atoms with Crippen LogP contribution < -0.4 is 10.2 Å². The van der Waals surface area contributed by atoms with Crippen molar-refractivity contribution in [3.8, 4) is 0 Å². The Morgan fingerprint density at radius 3 is 2.66 bits per heavy atom. The molecule has 1 amide bonds. The van der Waals surface area contributed by atoms with Gasteiger partial charge in [-0.05, 0) is 49.4 Å². The molecule has 0 saturated carbocycles. The maximum atomic E-state index is 13.3. The van der Waals surface area contributed by atoms with E-state index in [0.717, 1.165) is 42.6 Å². The third-order valence-electron chi connectivity index (χ3n) is 6.31. The number of nitrogens with zero attached hydrogens (tertiary/aromatic N) is 3. The highest BCUT2D eigenvalue weighted by molar-refractivity contribution is 7.16. The average Bonchev–Trinajstić information content (AvgIpc) is 3.27. The summed E-state index contributed by atoms with van der Waals surface area (Å²) < 4.78 is 5.46. The number of para-hydroxylation sites is 1. The van der Waals surface area contributed by atoms with Crippen LogP contribution in [-0.4, -0.2) is 43.3 Å². The molecule has 2 aromatic carbocycles. The first kappa shape index (κ1) is 23.2. The van der Waals surface area contributed by atoms with Crippen molar-refractivity contribution in [1.82, 2.24) is 0 Å². The smallest absolute Gasteiger partial charge is 0.270 e. The van der Waals surface area contributed by atoms with Gasteiger partial charge in [0.1, 0.15) is 5.00 Å². The van der Waals surface area contributed by atoms with Gasteiger partial charge in [0, 0.05) is 53.3 Å². The third kappa shape index (κ3) is 5.11. The van der Waals surface area contributed by atoms with Crippen molar-refractivity contribution in [3.63, 3.8) is 0 Å². The van der Waals surface area contributed by atoms with Crippen LogP contribution in [0.1, 0.15) is 39.2 Å². The van der Waals surface area contributed by atoms with Gasteiger partial charge in [0.05, 0.1) is 23.7 Å². The van der Waals surface area contributed by atoms with Crippen molar-refractivity contribution in [2.24, 2.45) is 4.99 Å². The molecule has 0 atom stereocenters. The number of benzene rings is 2. The number of ether oxygens (including phenoxy) is 1. The molecule has 5 rings (SSSR count). The lowest BCUT2D eigenvalue weighted by molar-refractivity contribution is -0.384. The number of amides is 1. The Kier molecular flexibility index (Phi) is 6.87. The Hall–Kier alpha value is -3.56. The Balaban J connectivity index is 1.52. The van der Waals surface area contributed by atoms with E-state index in [-0.39, 0.29) is 11.6 Å². The predicted octanol–water partition coefficient (Wildman–Crippen LogP) is 5.37. The Bertz CT molecular complexity index is 1270. The van der Waals surface area contributed by atoms with Gasteiger partial charge in [-0.2, -0.15) is 0 Å². The quantitative estimate of drug-likeness (QED) is 0.284. The minimum atomic E-state index is -0.400. The number of fused-ring (bicyclic) bond motifs is 1. The molecule has 1 N–H and O–H groups in total. The Morgan fingerprint density at radius 2 is 1.89 bits per heavy atom. The van der Waals surface area contributed by atoms with E-state index in [9.17, 15) is 14.9 Å². The number of nitro groups is 1. The van der Waals surface area contributed by atoms with E-state index in [4.69, 9.17) is 9.73 Å². The van der Waals surface area contributed by atoms with Gasteiger partial charge >= 0.3 is 0 Å². The molecule has 1 aliphatic heterocycles. The minimum absolute atomic E-state index is 0.0102. The number of hydrogen-bond acceptors (Lipinski definition) is 7. The summed E-state index contributed by atoms with van der Waals surface area (Å²) in [6, 6.07) is 14.2. The molecule has 0 unspecified atom stereocenters. The first-order valence-corrected chi connectivity index (χ1v) is 12.6. The standard InChI is InChI=1S/C26H26N4O4S/c31-25(28-19-6-2-1-3-7-19)24-21-8-4-5-9-23(21)35-26(24)27-17-18-16-20(30(32)33)10-11-22(18)29-12-14-34-15-13-29/h1-3,6-7,10-11,16-17H,4-5,8-9,12-15H2,(H,28,31). The zero-order valence-electron chi connectivity index (χ0n) is 19.2. The van der Waals surface area contributed by atoms with E-state index in [0.29, 0.717) is 42.4 Å². The first-order valence-electron chi connectivity index (χ1n) is 11.8. The topological polar surface area (TPSA) is 97.1 Å². The summed E-state index contributed by atoms with van der Waals surface area (Å²) in [7, 11) is 0. The van der Waals surface area contributed by atoms with Crippen molar-refractivity contribution in [3.05, 3.63) is 80.2 Å². The molecule has 1 aromatic heterocycles. The largest absolute Gasteiger partial charge is 0.378 e. The SMILES string of the molecule is O=C(Nc1ccccc1)c1c(N=Cc2cc([N+](=O)[O-])ccc2N2CCOCC2)sc2c1CCCC2. The van der Waals surface area contributed by atoms with E-state index in [1.165, 1.54) is 10.9 Å². The van der Waals surface area contributed by atoms with Gasteiger partial charge in [-0.25, -0.2) is 4.99 Å². The lowest BCUT2D eigenvalue weighted by atomic mass is 9.95. The van der Waals surface area contributed by atoms with Crippen molar-refractivity contribution >= 4 is 45.5 Å². The number of aliphatic imine (C=N–C) groups is 1. The molecular formula is C26H26N4O4S. The van der Waals surface area contributed by atoms with Crippen molar-refractivity contribution in [2.45, 2.75) is 25.7 Å². The van der Waals surface area contributed by atoms with Gasteiger partial charge < -0.3 is 15.0 Å². The van der Waals surface area contributed by atoms with Crippen LogP contribution in [-0.2, 0) is 17.6 Å². The highest BCUT2D eigenvalue weighted by atomic mass is 32.1. The number of thiophene rings is 1. The number of nitro benzene ring substituents is 1. The molecule has 8 nitrogen and oxygen atoms in total. The van der Waals surface area contributed by atoms with Crippen LogP contribution in [0, 0.1) is 10.1 Å². The second kappa shape index (κ2) is 10.4. The number of non-ortho nitro benzene ring substituents is 1. The zero-order chi connectivity index (χ0) is 24.2. The number of nitrogens with one attached hydrogen (secondary N) is 1. The summed E-state index contributed by atoms with van der Waals surface area (Å²) in [6.45, 7) is 2.62. The van der Waals surface area contributed by atoms with Gasteiger partial charge in [0.25, 0.3) is 11.6 Å². The van der Waals surface area contributed by atoms with Crippen LogP contribution in [0.15, 0.2) is 53.5 Å². The minimum Gasteiger partial charge on any atom is -0.378 e. The van der Waals surface area contributed by atoms with Crippen molar-refractivity contribution < 1.29 is 14.5 Å². The Labute approximate surface area is 207 Å². The third-order valence-corrected chi connectivity index (χ3v) is 7.51.